The summed E-state index contributed by atoms with van der Waals surface area (Å²) < 4.78 is 13.6. The standard InChI is InChI=1S/C26H26FN3/c1-29-13-15-30(16-14-29)26(19-5-8-24(27)9-6-19)23-4-2-3-20(18-23)21-7-10-25-22(17-21)11-12-28-25/h2-12,17-18,26,28H,13-16H2,1H3. The van der Waals surface area contributed by atoms with Gasteiger partial charge in [-0.2, -0.15) is 0 Å². The van der Waals surface area contributed by atoms with Gasteiger partial charge in [-0.05, 0) is 71.1 Å². The summed E-state index contributed by atoms with van der Waals surface area (Å²) in [4.78, 5) is 8.14. The molecule has 30 heavy (non-hydrogen) atoms. The molecule has 5 rings (SSSR count). The molecule has 3 nitrogen and oxygen atoms in total. The Balaban J connectivity index is 1.55. The number of likely N-dealkylation sites (N-methyl/N-ethyl adjacent to an activating group) is 1. The molecule has 0 saturated carbocycles. The van der Waals surface area contributed by atoms with Gasteiger partial charge in [-0.3, -0.25) is 4.90 Å². The Morgan fingerprint density at radius 2 is 1.57 bits per heavy atom. The summed E-state index contributed by atoms with van der Waals surface area (Å²) in [7, 11) is 2.17. The summed E-state index contributed by atoms with van der Waals surface area (Å²) >= 11 is 0. The molecule has 4 aromatic rings. The van der Waals surface area contributed by atoms with Gasteiger partial charge in [0.25, 0.3) is 0 Å². The Bertz CT molecular complexity index is 1140. The highest BCUT2D eigenvalue weighted by Gasteiger charge is 2.25. The molecule has 2 heterocycles. The Morgan fingerprint density at radius 1 is 0.800 bits per heavy atom. The second kappa shape index (κ2) is 8.05. The third-order valence-electron chi connectivity index (χ3n) is 6.18. The van der Waals surface area contributed by atoms with Gasteiger partial charge in [-0.15, -0.1) is 0 Å². The number of fused-ring (bicyclic) bond motifs is 1. The van der Waals surface area contributed by atoms with Crippen LogP contribution in [0, 0.1) is 5.82 Å². The van der Waals surface area contributed by atoms with Crippen molar-refractivity contribution in [2.75, 3.05) is 33.2 Å². The monoisotopic (exact) mass is 399 g/mol. The van der Waals surface area contributed by atoms with E-state index < -0.39 is 0 Å². The van der Waals surface area contributed by atoms with Crippen molar-refractivity contribution in [3.8, 4) is 11.1 Å². The largest absolute Gasteiger partial charge is 0.361 e. The van der Waals surface area contributed by atoms with Crippen LogP contribution in [0.25, 0.3) is 22.0 Å². The second-order valence-electron chi connectivity index (χ2n) is 8.20. The van der Waals surface area contributed by atoms with E-state index in [0.29, 0.717) is 0 Å². The minimum Gasteiger partial charge on any atom is -0.361 e. The van der Waals surface area contributed by atoms with E-state index in [1.165, 1.54) is 22.1 Å². The van der Waals surface area contributed by atoms with Crippen molar-refractivity contribution in [2.24, 2.45) is 0 Å². The maximum absolute atomic E-state index is 13.6. The van der Waals surface area contributed by atoms with Gasteiger partial charge < -0.3 is 9.88 Å². The van der Waals surface area contributed by atoms with Gasteiger partial charge in [-0.1, -0.05) is 36.4 Å². The van der Waals surface area contributed by atoms with Crippen molar-refractivity contribution in [2.45, 2.75) is 6.04 Å². The number of hydrogen-bond donors (Lipinski definition) is 1. The number of H-pyrrole nitrogens is 1. The maximum atomic E-state index is 13.6. The number of halogens is 1. The minimum atomic E-state index is -0.190. The molecule has 152 valence electrons. The van der Waals surface area contributed by atoms with Crippen molar-refractivity contribution in [3.05, 3.63) is 95.9 Å². The van der Waals surface area contributed by atoms with Gasteiger partial charge in [0.1, 0.15) is 5.82 Å². The molecule has 1 atom stereocenters. The molecule has 0 aliphatic carbocycles. The van der Waals surface area contributed by atoms with Crippen LogP contribution in [-0.2, 0) is 0 Å². The van der Waals surface area contributed by atoms with E-state index in [-0.39, 0.29) is 11.9 Å². The van der Waals surface area contributed by atoms with Crippen LogP contribution >= 0.6 is 0 Å². The summed E-state index contributed by atoms with van der Waals surface area (Å²) in [6.45, 7) is 4.08. The van der Waals surface area contributed by atoms with E-state index in [1.54, 1.807) is 12.1 Å². The number of aromatic nitrogens is 1. The van der Waals surface area contributed by atoms with Gasteiger partial charge in [0.05, 0.1) is 6.04 Å². The average molecular weight is 400 g/mol. The number of nitrogens with one attached hydrogen (secondary N) is 1. The summed E-state index contributed by atoms with van der Waals surface area (Å²) in [5.74, 6) is -0.190. The molecule has 0 bridgehead atoms. The lowest BCUT2D eigenvalue weighted by Gasteiger charge is -2.38. The zero-order valence-corrected chi connectivity index (χ0v) is 17.2. The third kappa shape index (κ3) is 3.76. The minimum absolute atomic E-state index is 0.121. The highest BCUT2D eigenvalue weighted by Crippen LogP contribution is 2.33. The zero-order chi connectivity index (χ0) is 20.5. The SMILES string of the molecule is CN1CCN(C(c2ccc(F)cc2)c2cccc(-c3ccc4[nH]ccc4c3)c2)CC1. The Kier molecular flexibility index (Phi) is 5.11. The van der Waals surface area contributed by atoms with Crippen LogP contribution in [0.2, 0.25) is 0 Å². The summed E-state index contributed by atoms with van der Waals surface area (Å²) in [6.07, 6.45) is 1.98. The van der Waals surface area contributed by atoms with Crippen LogP contribution < -0.4 is 0 Å². The molecule has 1 N–H and O–H groups in total. The number of rotatable bonds is 4. The van der Waals surface area contributed by atoms with Crippen LogP contribution in [0.5, 0.6) is 0 Å². The zero-order valence-electron chi connectivity index (χ0n) is 17.2. The Hall–Kier alpha value is -2.95. The lowest BCUT2D eigenvalue weighted by molar-refractivity contribution is 0.127. The van der Waals surface area contributed by atoms with Crippen molar-refractivity contribution >= 4 is 10.9 Å². The van der Waals surface area contributed by atoms with Gasteiger partial charge in [0.2, 0.25) is 0 Å². The van der Waals surface area contributed by atoms with Crippen LogP contribution in [0.3, 0.4) is 0 Å². The predicted octanol–water partition coefficient (Wildman–Crippen LogP) is 5.31. The van der Waals surface area contributed by atoms with Crippen LogP contribution in [0.4, 0.5) is 4.39 Å². The molecule has 1 aliphatic heterocycles. The number of nitrogens with zero attached hydrogens (tertiary/aromatic N) is 2. The summed E-state index contributed by atoms with van der Waals surface area (Å²) in [5, 5.41) is 1.21. The smallest absolute Gasteiger partial charge is 0.123 e. The molecule has 0 amide bonds. The second-order valence-corrected chi connectivity index (χ2v) is 8.20. The van der Waals surface area contributed by atoms with E-state index in [2.05, 4.69) is 70.4 Å². The van der Waals surface area contributed by atoms with E-state index in [0.717, 1.165) is 37.3 Å². The quantitative estimate of drug-likeness (QED) is 0.502. The molecular formula is C26H26FN3. The molecule has 1 aliphatic rings. The molecule has 1 aromatic heterocycles. The number of aromatic amines is 1. The highest BCUT2D eigenvalue weighted by molar-refractivity contribution is 5.85. The maximum Gasteiger partial charge on any atom is 0.123 e. The molecule has 0 spiro atoms. The summed E-state index contributed by atoms with van der Waals surface area (Å²) in [6, 6.07) is 24.6. The first kappa shape index (κ1) is 19.0. The van der Waals surface area contributed by atoms with E-state index in [9.17, 15) is 4.39 Å². The van der Waals surface area contributed by atoms with Gasteiger partial charge >= 0.3 is 0 Å². The van der Waals surface area contributed by atoms with E-state index in [4.69, 9.17) is 0 Å². The first-order valence-corrected chi connectivity index (χ1v) is 10.5. The van der Waals surface area contributed by atoms with Crippen molar-refractivity contribution in [1.29, 1.82) is 0 Å². The Morgan fingerprint density at radius 3 is 2.37 bits per heavy atom. The number of piperazine rings is 1. The Labute approximate surface area is 176 Å². The van der Waals surface area contributed by atoms with E-state index >= 15 is 0 Å². The van der Waals surface area contributed by atoms with Crippen LogP contribution in [0.15, 0.2) is 79.0 Å². The molecule has 1 unspecified atom stereocenters. The average Bonchev–Trinajstić information content (AvgIpc) is 3.25. The number of hydrogen-bond acceptors (Lipinski definition) is 2. The molecular weight excluding hydrogens is 373 g/mol. The molecule has 0 radical (unpaired) electrons. The van der Waals surface area contributed by atoms with Crippen molar-refractivity contribution < 1.29 is 4.39 Å². The fourth-order valence-electron chi connectivity index (χ4n) is 4.46. The predicted molar refractivity (Wildman–Crippen MR) is 121 cm³/mol. The molecule has 3 aromatic carbocycles. The first-order valence-electron chi connectivity index (χ1n) is 10.5. The lowest BCUT2D eigenvalue weighted by atomic mass is 9.93. The van der Waals surface area contributed by atoms with Gasteiger partial charge in [0, 0.05) is 37.9 Å². The van der Waals surface area contributed by atoms with E-state index in [1.807, 2.05) is 18.3 Å². The molecule has 1 saturated heterocycles. The van der Waals surface area contributed by atoms with Crippen LogP contribution in [-0.4, -0.2) is 48.0 Å². The van der Waals surface area contributed by atoms with Gasteiger partial charge in [0.15, 0.2) is 0 Å². The van der Waals surface area contributed by atoms with Crippen molar-refractivity contribution in [3.63, 3.8) is 0 Å². The summed E-state index contributed by atoms with van der Waals surface area (Å²) in [5.41, 5.74) is 5.95. The fraction of sp³-hybridized carbons (Fsp3) is 0.231. The topological polar surface area (TPSA) is 22.3 Å². The fourth-order valence-corrected chi connectivity index (χ4v) is 4.46. The molecule has 4 heteroatoms. The first-order chi connectivity index (χ1) is 14.7. The highest BCUT2D eigenvalue weighted by atomic mass is 19.1. The number of benzene rings is 3. The third-order valence-corrected chi connectivity index (χ3v) is 6.18. The van der Waals surface area contributed by atoms with Crippen LogP contribution in [0.1, 0.15) is 17.2 Å². The van der Waals surface area contributed by atoms with Gasteiger partial charge in [-0.25, -0.2) is 4.39 Å². The lowest BCUT2D eigenvalue weighted by Crippen LogP contribution is -2.46. The normalized spacial score (nSPS) is 16.7. The van der Waals surface area contributed by atoms with Crippen molar-refractivity contribution in [1.82, 2.24) is 14.8 Å². The molecule has 1 fully saturated rings.